The lowest BCUT2D eigenvalue weighted by Crippen LogP contribution is -2.47. The number of hydrogen-bond acceptors (Lipinski definition) is 4. The number of aromatic nitrogens is 1. The van der Waals surface area contributed by atoms with Crippen molar-refractivity contribution in [1.29, 1.82) is 0 Å². The van der Waals surface area contributed by atoms with Crippen molar-refractivity contribution in [3.05, 3.63) is 90.0 Å². The van der Waals surface area contributed by atoms with Gasteiger partial charge in [-0.2, -0.15) is 0 Å². The van der Waals surface area contributed by atoms with Gasteiger partial charge in [-0.3, -0.25) is 19.5 Å². The minimum atomic E-state index is -1.04. The van der Waals surface area contributed by atoms with E-state index < -0.39 is 17.8 Å². The van der Waals surface area contributed by atoms with E-state index in [-0.39, 0.29) is 17.6 Å². The van der Waals surface area contributed by atoms with E-state index in [4.69, 9.17) is 4.74 Å². The quantitative estimate of drug-likeness (QED) is 0.470. The Kier molecular flexibility index (Phi) is 8.08. The molecule has 0 radical (unpaired) electrons. The smallest absolute Gasteiger partial charge is 0.277 e. The summed E-state index contributed by atoms with van der Waals surface area (Å²) in [5, 5.41) is 3.17. The number of pyridine rings is 1. The number of halogens is 1. The molecule has 1 heterocycles. The first-order chi connectivity index (χ1) is 17.1. The maximum Gasteiger partial charge on any atom is 0.277 e. The zero-order valence-electron chi connectivity index (χ0n) is 19.8. The molecule has 1 atom stereocenters. The monoisotopic (exact) mass is 475 g/mol. The van der Waals surface area contributed by atoms with Crippen molar-refractivity contribution in [2.45, 2.75) is 51.1 Å². The summed E-state index contributed by atoms with van der Waals surface area (Å²) in [4.78, 5) is 33.4. The van der Waals surface area contributed by atoms with Crippen LogP contribution < -0.4 is 15.0 Å². The van der Waals surface area contributed by atoms with Gasteiger partial charge in [0.15, 0.2) is 0 Å². The number of rotatable bonds is 8. The van der Waals surface area contributed by atoms with Crippen LogP contribution in [0.1, 0.15) is 61.1 Å². The van der Waals surface area contributed by atoms with Crippen molar-refractivity contribution in [2.75, 3.05) is 11.5 Å². The van der Waals surface area contributed by atoms with Gasteiger partial charge < -0.3 is 10.1 Å². The SMILES string of the molecule is CCOc1ccccc1[C@@H](C(=O)NC1CCCCC1)N(C(=O)c1ccccn1)c1ccc(F)cc1. The maximum atomic E-state index is 13.9. The third-order valence-corrected chi connectivity index (χ3v) is 6.18. The Morgan fingerprint density at radius 2 is 1.74 bits per heavy atom. The lowest BCUT2D eigenvalue weighted by molar-refractivity contribution is -0.123. The average molecular weight is 476 g/mol. The van der Waals surface area contributed by atoms with Crippen molar-refractivity contribution >= 4 is 17.5 Å². The maximum absolute atomic E-state index is 13.9. The fourth-order valence-electron chi connectivity index (χ4n) is 4.52. The Morgan fingerprint density at radius 1 is 1.03 bits per heavy atom. The number of anilines is 1. The van der Waals surface area contributed by atoms with Gasteiger partial charge in [-0.05, 0) is 62.2 Å². The lowest BCUT2D eigenvalue weighted by atomic mass is 9.94. The Hall–Kier alpha value is -3.74. The van der Waals surface area contributed by atoms with Gasteiger partial charge in [0.2, 0.25) is 5.91 Å². The number of amides is 2. The number of ether oxygens (including phenoxy) is 1. The van der Waals surface area contributed by atoms with Crippen LogP contribution in [0.5, 0.6) is 5.75 Å². The summed E-state index contributed by atoms with van der Waals surface area (Å²) in [7, 11) is 0. The summed E-state index contributed by atoms with van der Waals surface area (Å²) in [5.41, 5.74) is 1.12. The second kappa shape index (κ2) is 11.6. The molecular formula is C28H30FN3O3. The normalized spacial score (nSPS) is 14.7. The molecule has 4 rings (SSSR count). The second-order valence-corrected chi connectivity index (χ2v) is 8.58. The highest BCUT2D eigenvalue weighted by Crippen LogP contribution is 2.35. The van der Waals surface area contributed by atoms with E-state index in [0.29, 0.717) is 23.6 Å². The van der Waals surface area contributed by atoms with Crippen LogP contribution in [0.15, 0.2) is 72.9 Å². The van der Waals surface area contributed by atoms with Crippen molar-refractivity contribution < 1.29 is 18.7 Å². The summed E-state index contributed by atoms with van der Waals surface area (Å²) in [6.07, 6.45) is 6.59. The van der Waals surface area contributed by atoms with Gasteiger partial charge in [0.05, 0.1) is 6.61 Å². The molecular weight excluding hydrogens is 445 g/mol. The van der Waals surface area contributed by atoms with Crippen molar-refractivity contribution in [3.8, 4) is 5.75 Å². The van der Waals surface area contributed by atoms with Crippen LogP contribution in [0.2, 0.25) is 0 Å². The average Bonchev–Trinajstić information content (AvgIpc) is 2.89. The zero-order valence-corrected chi connectivity index (χ0v) is 19.8. The number of benzene rings is 2. The third-order valence-electron chi connectivity index (χ3n) is 6.18. The Bertz CT molecular complexity index is 1130. The first kappa shape index (κ1) is 24.4. The zero-order chi connectivity index (χ0) is 24.6. The summed E-state index contributed by atoms with van der Waals surface area (Å²) >= 11 is 0. The summed E-state index contributed by atoms with van der Waals surface area (Å²) in [5.74, 6) is -0.693. The van der Waals surface area contributed by atoms with Crippen molar-refractivity contribution in [2.24, 2.45) is 0 Å². The molecule has 0 unspecified atom stereocenters. The molecule has 7 heteroatoms. The van der Waals surface area contributed by atoms with Gasteiger partial charge in [-0.15, -0.1) is 0 Å². The molecule has 182 valence electrons. The molecule has 1 aliphatic rings. The Balaban J connectivity index is 1.84. The number of nitrogens with one attached hydrogen (secondary N) is 1. The fourth-order valence-corrected chi connectivity index (χ4v) is 4.52. The first-order valence-electron chi connectivity index (χ1n) is 12.1. The molecule has 1 saturated carbocycles. The lowest BCUT2D eigenvalue weighted by Gasteiger charge is -2.34. The van der Waals surface area contributed by atoms with Gasteiger partial charge >= 0.3 is 0 Å². The molecule has 0 aliphatic heterocycles. The van der Waals surface area contributed by atoms with E-state index in [0.717, 1.165) is 32.1 Å². The summed E-state index contributed by atoms with van der Waals surface area (Å²) < 4.78 is 19.7. The Morgan fingerprint density at radius 3 is 2.43 bits per heavy atom. The number of nitrogens with zero attached hydrogens (tertiary/aromatic N) is 2. The van der Waals surface area contributed by atoms with E-state index in [1.807, 2.05) is 19.1 Å². The standard InChI is InChI=1S/C28H30FN3O3/c1-2-35-25-14-7-6-12-23(25)26(27(33)31-21-10-4-3-5-11-21)32(22-17-15-20(29)16-18-22)28(34)24-13-8-9-19-30-24/h6-9,12-19,21,26H,2-5,10-11H2,1H3,(H,31,33)/t26-/m0/s1. The largest absolute Gasteiger partial charge is 0.493 e. The molecule has 1 aliphatic carbocycles. The predicted octanol–water partition coefficient (Wildman–Crippen LogP) is 5.46. The van der Waals surface area contributed by atoms with Crippen molar-refractivity contribution in [3.63, 3.8) is 0 Å². The van der Waals surface area contributed by atoms with Gasteiger partial charge in [-0.25, -0.2) is 4.39 Å². The van der Waals surface area contributed by atoms with Crippen LogP contribution in [0.4, 0.5) is 10.1 Å². The van der Waals surface area contributed by atoms with E-state index in [1.54, 1.807) is 30.3 Å². The molecule has 6 nitrogen and oxygen atoms in total. The van der Waals surface area contributed by atoms with Gasteiger partial charge in [-0.1, -0.05) is 43.5 Å². The molecule has 35 heavy (non-hydrogen) atoms. The molecule has 2 amide bonds. The number of para-hydroxylation sites is 1. The molecule has 0 saturated heterocycles. The third kappa shape index (κ3) is 5.85. The van der Waals surface area contributed by atoms with Crippen LogP contribution in [0.25, 0.3) is 0 Å². The molecule has 1 N–H and O–H groups in total. The van der Waals surface area contributed by atoms with Crippen LogP contribution in [0, 0.1) is 5.82 Å². The van der Waals surface area contributed by atoms with E-state index in [1.165, 1.54) is 35.4 Å². The van der Waals surface area contributed by atoms with Crippen LogP contribution in [-0.2, 0) is 4.79 Å². The molecule has 2 aromatic carbocycles. The predicted molar refractivity (Wildman–Crippen MR) is 133 cm³/mol. The highest BCUT2D eigenvalue weighted by molar-refractivity contribution is 6.09. The van der Waals surface area contributed by atoms with E-state index >= 15 is 0 Å². The topological polar surface area (TPSA) is 71.5 Å². The van der Waals surface area contributed by atoms with Gasteiger partial charge in [0.1, 0.15) is 23.3 Å². The summed E-state index contributed by atoms with van der Waals surface area (Å²) in [6.45, 7) is 2.27. The first-order valence-corrected chi connectivity index (χ1v) is 12.1. The number of carbonyl (C=O) groups excluding carboxylic acids is 2. The van der Waals surface area contributed by atoms with E-state index in [2.05, 4.69) is 10.3 Å². The molecule has 0 spiro atoms. The number of hydrogen-bond donors (Lipinski definition) is 1. The highest BCUT2D eigenvalue weighted by Gasteiger charge is 2.36. The molecule has 0 bridgehead atoms. The minimum absolute atomic E-state index is 0.0398. The Labute approximate surface area is 205 Å². The minimum Gasteiger partial charge on any atom is -0.493 e. The number of carbonyl (C=O) groups is 2. The van der Waals surface area contributed by atoms with Gasteiger partial charge in [0.25, 0.3) is 5.91 Å². The highest BCUT2D eigenvalue weighted by atomic mass is 19.1. The fraction of sp³-hybridized carbons (Fsp3) is 0.321. The van der Waals surface area contributed by atoms with E-state index in [9.17, 15) is 14.0 Å². The van der Waals surface area contributed by atoms with Crippen molar-refractivity contribution in [1.82, 2.24) is 10.3 Å². The van der Waals surface area contributed by atoms with Crippen LogP contribution >= 0.6 is 0 Å². The molecule has 1 fully saturated rings. The van der Waals surface area contributed by atoms with Gasteiger partial charge in [0, 0.05) is 23.5 Å². The van der Waals surface area contributed by atoms with Crippen LogP contribution in [0.3, 0.4) is 0 Å². The molecule has 3 aromatic rings. The molecule has 1 aromatic heterocycles. The van der Waals surface area contributed by atoms with Crippen LogP contribution in [-0.4, -0.2) is 29.4 Å². The second-order valence-electron chi connectivity index (χ2n) is 8.58. The summed E-state index contributed by atoms with van der Waals surface area (Å²) in [6, 6.07) is 16.8.